The van der Waals surface area contributed by atoms with Crippen molar-refractivity contribution < 1.29 is 14.7 Å². The summed E-state index contributed by atoms with van der Waals surface area (Å²) in [5.74, 6) is 0.493. The first kappa shape index (κ1) is 26.5. The third-order valence-electron chi connectivity index (χ3n) is 11.4. The number of likely N-dealkylation sites (tertiary alicyclic amines) is 1. The van der Waals surface area contributed by atoms with E-state index >= 15 is 0 Å². The quantitative estimate of drug-likeness (QED) is 0.399. The Morgan fingerprint density at radius 3 is 2.35 bits per heavy atom. The summed E-state index contributed by atoms with van der Waals surface area (Å²) in [4.78, 5) is 28.5. The first-order valence-electron chi connectivity index (χ1n) is 14.7. The van der Waals surface area contributed by atoms with Gasteiger partial charge in [0.25, 0.3) is 0 Å². The zero-order chi connectivity index (χ0) is 26.8. The smallest absolute Gasteiger partial charge is 0.228 e. The van der Waals surface area contributed by atoms with Gasteiger partial charge in [-0.15, -0.1) is 0 Å². The van der Waals surface area contributed by atoms with Crippen LogP contribution in [0, 0.1) is 27.6 Å². The molecule has 1 saturated heterocycles. The van der Waals surface area contributed by atoms with Gasteiger partial charge in [-0.05, 0) is 105 Å². The van der Waals surface area contributed by atoms with Crippen LogP contribution in [0.15, 0.2) is 46.3 Å². The molecule has 202 valence electrons. The molecule has 4 aliphatic carbocycles. The van der Waals surface area contributed by atoms with E-state index < -0.39 is 0 Å². The maximum absolute atomic E-state index is 13.7. The molecule has 5 rings (SSSR count). The van der Waals surface area contributed by atoms with Gasteiger partial charge >= 0.3 is 0 Å². The van der Waals surface area contributed by atoms with Crippen molar-refractivity contribution >= 4 is 11.7 Å². The molecule has 4 atom stereocenters. The predicted molar refractivity (Wildman–Crippen MR) is 149 cm³/mol. The fraction of sp³-hybridized carbons (Fsp3) is 0.697. The number of aliphatic hydroxyl groups excluding tert-OH is 1. The van der Waals surface area contributed by atoms with E-state index in [9.17, 15) is 14.7 Å². The predicted octanol–water partition coefficient (Wildman–Crippen LogP) is 7.63. The van der Waals surface area contributed by atoms with E-state index in [-0.39, 0.29) is 33.2 Å². The Hall–Kier alpha value is -2.10. The highest BCUT2D eigenvalue weighted by molar-refractivity contribution is 6.06. The Morgan fingerprint density at radius 2 is 1.65 bits per heavy atom. The molecule has 4 nitrogen and oxygen atoms in total. The molecule has 3 fully saturated rings. The van der Waals surface area contributed by atoms with Gasteiger partial charge in [0.2, 0.25) is 11.7 Å². The second-order valence-electron chi connectivity index (χ2n) is 14.3. The van der Waals surface area contributed by atoms with Crippen LogP contribution in [-0.2, 0) is 9.59 Å². The second-order valence-corrected chi connectivity index (χ2v) is 14.3. The van der Waals surface area contributed by atoms with Crippen LogP contribution in [0.5, 0.6) is 0 Å². The summed E-state index contributed by atoms with van der Waals surface area (Å²) in [5, 5.41) is 10.4. The molecule has 5 aliphatic rings. The van der Waals surface area contributed by atoms with Crippen molar-refractivity contribution in [1.29, 1.82) is 0 Å². The molecule has 4 heteroatoms. The van der Waals surface area contributed by atoms with Crippen molar-refractivity contribution in [3.8, 4) is 0 Å². The summed E-state index contributed by atoms with van der Waals surface area (Å²) >= 11 is 0. The van der Waals surface area contributed by atoms with Crippen LogP contribution in [0.1, 0.15) is 106 Å². The molecule has 0 aromatic carbocycles. The number of aliphatic hydroxyl groups is 1. The first-order valence-corrected chi connectivity index (χ1v) is 14.7. The molecular formula is C33H47NO3. The number of hydrogen-bond acceptors (Lipinski definition) is 3. The lowest BCUT2D eigenvalue weighted by Crippen LogP contribution is -2.51. The van der Waals surface area contributed by atoms with Gasteiger partial charge in [-0.3, -0.25) is 9.59 Å². The van der Waals surface area contributed by atoms with Crippen molar-refractivity contribution in [3.05, 3.63) is 46.3 Å². The number of hydrogen-bond donors (Lipinski definition) is 1. The number of rotatable bonds is 1. The van der Waals surface area contributed by atoms with Crippen molar-refractivity contribution in [2.75, 3.05) is 13.1 Å². The van der Waals surface area contributed by atoms with Gasteiger partial charge in [0.1, 0.15) is 0 Å². The maximum atomic E-state index is 13.7. The fourth-order valence-corrected chi connectivity index (χ4v) is 8.64. The minimum atomic E-state index is -0.264. The fourth-order valence-electron chi connectivity index (χ4n) is 8.64. The van der Waals surface area contributed by atoms with Gasteiger partial charge in [0.15, 0.2) is 5.76 Å². The van der Waals surface area contributed by atoms with Gasteiger partial charge < -0.3 is 10.0 Å². The Labute approximate surface area is 224 Å². The van der Waals surface area contributed by atoms with Crippen molar-refractivity contribution in [2.45, 2.75) is 106 Å². The molecule has 0 unspecified atom stereocenters. The van der Waals surface area contributed by atoms with Crippen molar-refractivity contribution in [3.63, 3.8) is 0 Å². The molecule has 0 bridgehead atoms. The van der Waals surface area contributed by atoms with E-state index in [0.29, 0.717) is 17.4 Å². The average molecular weight is 506 g/mol. The molecule has 0 aromatic heterocycles. The summed E-state index contributed by atoms with van der Waals surface area (Å²) in [6.07, 6.45) is 16.9. The van der Waals surface area contributed by atoms with Crippen LogP contribution >= 0.6 is 0 Å². The van der Waals surface area contributed by atoms with Crippen LogP contribution in [0.2, 0.25) is 0 Å². The highest BCUT2D eigenvalue weighted by atomic mass is 16.3. The third-order valence-corrected chi connectivity index (χ3v) is 11.4. The van der Waals surface area contributed by atoms with E-state index in [1.165, 1.54) is 12.0 Å². The molecule has 1 aliphatic heterocycles. The molecule has 0 aromatic rings. The number of fused-ring (bicyclic) bond motifs is 4. The Morgan fingerprint density at radius 1 is 0.946 bits per heavy atom. The molecule has 1 amide bonds. The van der Waals surface area contributed by atoms with Gasteiger partial charge in [-0.2, -0.15) is 0 Å². The molecule has 0 spiro atoms. The van der Waals surface area contributed by atoms with E-state index in [1.54, 1.807) is 6.08 Å². The summed E-state index contributed by atoms with van der Waals surface area (Å²) < 4.78 is 0. The van der Waals surface area contributed by atoms with E-state index in [0.717, 1.165) is 82.0 Å². The third kappa shape index (κ3) is 4.27. The number of ketones is 1. The number of nitrogens with zero attached hydrogens (tertiary/aromatic N) is 1. The van der Waals surface area contributed by atoms with Gasteiger partial charge in [0.05, 0.1) is 0 Å². The Bertz CT molecular complexity index is 1130. The number of allylic oxidation sites excluding steroid dienone is 7. The zero-order valence-electron chi connectivity index (χ0n) is 24.0. The summed E-state index contributed by atoms with van der Waals surface area (Å²) in [6, 6.07) is 0. The Kier molecular flexibility index (Phi) is 6.44. The molecule has 37 heavy (non-hydrogen) atoms. The molecule has 0 radical (unpaired) electrons. The van der Waals surface area contributed by atoms with Gasteiger partial charge in [-0.1, -0.05) is 52.3 Å². The highest BCUT2D eigenvalue weighted by Gasteiger charge is 2.54. The van der Waals surface area contributed by atoms with Crippen molar-refractivity contribution in [2.24, 2.45) is 27.6 Å². The number of carbonyl (C=O) groups excluding carboxylic acids is 2. The minimum Gasteiger partial charge on any atom is -0.504 e. The normalized spacial score (nSPS) is 38.1. The van der Waals surface area contributed by atoms with Crippen LogP contribution in [0.4, 0.5) is 0 Å². The second kappa shape index (κ2) is 8.99. The number of carbonyl (C=O) groups is 2. The number of amides is 1. The SMILES string of the molecule is CC1=C(O)C(=O)C=C2C1=CC=C1CCC[C@@]3(C)CC[C@@](C)(C(=O)N4CCCC4)C[C@H]3C(C)(C)CC[C@]12C. The lowest BCUT2D eigenvalue weighted by Gasteiger charge is -2.56. The average Bonchev–Trinajstić information content (AvgIpc) is 3.39. The summed E-state index contributed by atoms with van der Waals surface area (Å²) in [6.45, 7) is 15.7. The lowest BCUT2D eigenvalue weighted by atomic mass is 9.49. The van der Waals surface area contributed by atoms with Crippen LogP contribution in [-0.4, -0.2) is 34.8 Å². The zero-order valence-corrected chi connectivity index (χ0v) is 24.0. The summed E-state index contributed by atoms with van der Waals surface area (Å²) in [7, 11) is 0. The van der Waals surface area contributed by atoms with Gasteiger partial charge in [-0.25, -0.2) is 0 Å². The first-order chi connectivity index (χ1) is 17.3. The summed E-state index contributed by atoms with van der Waals surface area (Å²) in [5.41, 5.74) is 4.06. The standard InChI is InChI=1S/C33H47NO3/c1-22-24-12-11-23-10-9-13-31(4)15-16-32(5,29(37)34-18-7-8-19-34)21-27(31)30(2,3)14-17-33(23,6)25(24)20-26(35)28(22)36/h11-12,20,27,36H,7-10,13-19,21H2,1-6H3/t27-,31-,32+,33+/m0/s1. The van der Waals surface area contributed by atoms with Crippen LogP contribution in [0.3, 0.4) is 0 Å². The Balaban J connectivity index is 1.47. The van der Waals surface area contributed by atoms with Crippen molar-refractivity contribution in [1.82, 2.24) is 4.90 Å². The lowest BCUT2D eigenvalue weighted by molar-refractivity contribution is -0.149. The molecule has 1 heterocycles. The van der Waals surface area contributed by atoms with E-state index in [4.69, 9.17) is 0 Å². The van der Waals surface area contributed by atoms with E-state index in [1.807, 2.05) is 6.92 Å². The highest BCUT2D eigenvalue weighted by Crippen LogP contribution is 2.61. The molecule has 2 saturated carbocycles. The monoisotopic (exact) mass is 505 g/mol. The molecular weight excluding hydrogens is 458 g/mol. The topological polar surface area (TPSA) is 57.6 Å². The van der Waals surface area contributed by atoms with E-state index in [2.05, 4.69) is 51.7 Å². The van der Waals surface area contributed by atoms with Crippen LogP contribution < -0.4 is 0 Å². The molecule has 1 N–H and O–H groups in total. The maximum Gasteiger partial charge on any atom is 0.228 e. The van der Waals surface area contributed by atoms with Gasteiger partial charge in [0, 0.05) is 29.5 Å². The van der Waals surface area contributed by atoms with Crippen LogP contribution in [0.25, 0.3) is 0 Å². The minimum absolute atomic E-state index is 0.0702. The largest absolute Gasteiger partial charge is 0.504 e.